The first kappa shape index (κ1) is 18.9. The SMILES string of the molecule is C[C](C)C(C)CC1CC(O)c2ccc(S(=O)(=O)c3ccccc3)cc2O1. The molecule has 1 aliphatic heterocycles. The van der Waals surface area contributed by atoms with Crippen LogP contribution in [0, 0.1) is 11.8 Å². The molecule has 1 radical (unpaired) electrons. The van der Waals surface area contributed by atoms with E-state index in [1.165, 1.54) is 5.92 Å². The maximum absolute atomic E-state index is 12.8. The Bertz CT molecular complexity index is 859. The minimum absolute atomic E-state index is 0.128. The van der Waals surface area contributed by atoms with Gasteiger partial charge in [-0.3, -0.25) is 0 Å². The lowest BCUT2D eigenvalue weighted by atomic mass is 9.88. The summed E-state index contributed by atoms with van der Waals surface area (Å²) in [6, 6.07) is 13.1. The molecule has 3 unspecified atom stereocenters. The lowest BCUT2D eigenvalue weighted by Crippen LogP contribution is -2.28. The zero-order valence-corrected chi connectivity index (χ0v) is 16.2. The standard InChI is InChI=1S/C21H25O4S/c1-14(2)15(3)11-16-12-20(22)19-10-9-18(13-21(19)25-16)26(23,24)17-7-5-4-6-8-17/h4-10,13,15-16,20,22H,11-12H2,1-3H3. The molecular weight excluding hydrogens is 348 g/mol. The van der Waals surface area contributed by atoms with E-state index in [1.807, 2.05) is 0 Å². The van der Waals surface area contributed by atoms with Crippen LogP contribution in [0.15, 0.2) is 58.3 Å². The first-order valence-electron chi connectivity index (χ1n) is 8.88. The van der Waals surface area contributed by atoms with Crippen molar-refractivity contribution < 1.29 is 18.3 Å². The number of sulfone groups is 1. The summed E-state index contributed by atoms with van der Waals surface area (Å²) in [6.45, 7) is 6.31. The van der Waals surface area contributed by atoms with Crippen molar-refractivity contribution in [2.24, 2.45) is 5.92 Å². The highest BCUT2D eigenvalue weighted by atomic mass is 32.2. The van der Waals surface area contributed by atoms with Crippen molar-refractivity contribution in [3.63, 3.8) is 0 Å². The summed E-state index contributed by atoms with van der Waals surface area (Å²) in [6.07, 6.45) is 0.558. The van der Waals surface area contributed by atoms with E-state index in [9.17, 15) is 13.5 Å². The van der Waals surface area contributed by atoms with E-state index in [-0.39, 0.29) is 15.9 Å². The van der Waals surface area contributed by atoms with Crippen molar-refractivity contribution >= 4 is 9.84 Å². The van der Waals surface area contributed by atoms with Gasteiger partial charge in [-0.15, -0.1) is 0 Å². The first-order valence-corrected chi connectivity index (χ1v) is 10.4. The van der Waals surface area contributed by atoms with Crippen LogP contribution in [0.1, 0.15) is 45.3 Å². The summed E-state index contributed by atoms with van der Waals surface area (Å²) in [5.74, 6) is 2.16. The number of ether oxygens (including phenoxy) is 1. The van der Waals surface area contributed by atoms with Crippen molar-refractivity contribution in [3.05, 3.63) is 60.0 Å². The largest absolute Gasteiger partial charge is 0.490 e. The molecule has 0 aliphatic carbocycles. The fourth-order valence-electron chi connectivity index (χ4n) is 3.17. The lowest BCUT2D eigenvalue weighted by molar-refractivity contribution is 0.0551. The van der Waals surface area contributed by atoms with Crippen LogP contribution in [0.2, 0.25) is 0 Å². The average Bonchev–Trinajstić information content (AvgIpc) is 2.62. The van der Waals surface area contributed by atoms with Gasteiger partial charge in [0.15, 0.2) is 0 Å². The van der Waals surface area contributed by atoms with Crippen LogP contribution in [0.5, 0.6) is 5.75 Å². The van der Waals surface area contributed by atoms with Crippen molar-refractivity contribution in [2.75, 3.05) is 0 Å². The summed E-state index contributed by atoms with van der Waals surface area (Å²) < 4.78 is 31.7. The van der Waals surface area contributed by atoms with Gasteiger partial charge >= 0.3 is 0 Å². The molecule has 4 nitrogen and oxygen atoms in total. The Kier molecular flexibility index (Phi) is 5.39. The normalized spacial score (nSPS) is 21.1. The number of aliphatic hydroxyl groups excluding tert-OH is 1. The van der Waals surface area contributed by atoms with Crippen LogP contribution < -0.4 is 4.74 Å². The summed E-state index contributed by atoms with van der Waals surface area (Å²) >= 11 is 0. The third kappa shape index (κ3) is 3.79. The van der Waals surface area contributed by atoms with Crippen molar-refractivity contribution in [1.82, 2.24) is 0 Å². The summed E-state index contributed by atoms with van der Waals surface area (Å²) in [4.78, 5) is 0.430. The van der Waals surface area contributed by atoms with Crippen LogP contribution in [-0.4, -0.2) is 19.6 Å². The molecule has 3 rings (SSSR count). The predicted octanol–water partition coefficient (Wildman–Crippen LogP) is 4.34. The van der Waals surface area contributed by atoms with E-state index in [1.54, 1.807) is 48.5 Å². The Morgan fingerprint density at radius 1 is 1.15 bits per heavy atom. The van der Waals surface area contributed by atoms with Gasteiger partial charge in [0, 0.05) is 12.0 Å². The molecule has 0 fully saturated rings. The van der Waals surface area contributed by atoms with Crippen LogP contribution >= 0.6 is 0 Å². The molecule has 0 amide bonds. The van der Waals surface area contributed by atoms with Gasteiger partial charge in [0.1, 0.15) is 11.9 Å². The third-order valence-electron chi connectivity index (χ3n) is 5.09. The highest BCUT2D eigenvalue weighted by Crippen LogP contribution is 2.39. The molecule has 139 valence electrons. The van der Waals surface area contributed by atoms with E-state index in [0.717, 1.165) is 6.42 Å². The van der Waals surface area contributed by atoms with Gasteiger partial charge < -0.3 is 9.84 Å². The second-order valence-electron chi connectivity index (χ2n) is 7.22. The highest BCUT2D eigenvalue weighted by molar-refractivity contribution is 7.91. The minimum atomic E-state index is -3.61. The smallest absolute Gasteiger partial charge is 0.206 e. The molecule has 2 aromatic carbocycles. The van der Waals surface area contributed by atoms with Gasteiger partial charge in [-0.25, -0.2) is 8.42 Å². The van der Waals surface area contributed by atoms with Crippen molar-refractivity contribution in [2.45, 2.75) is 55.6 Å². The van der Waals surface area contributed by atoms with Gasteiger partial charge in [-0.1, -0.05) is 45.0 Å². The average molecular weight is 373 g/mol. The minimum Gasteiger partial charge on any atom is -0.490 e. The van der Waals surface area contributed by atoms with E-state index in [4.69, 9.17) is 4.74 Å². The molecule has 0 spiro atoms. The number of hydrogen-bond acceptors (Lipinski definition) is 4. The Labute approximate surface area is 155 Å². The van der Waals surface area contributed by atoms with Gasteiger partial charge in [0.2, 0.25) is 9.84 Å². The van der Waals surface area contributed by atoms with E-state index >= 15 is 0 Å². The van der Waals surface area contributed by atoms with Crippen molar-refractivity contribution in [3.8, 4) is 5.75 Å². The molecule has 5 heteroatoms. The Morgan fingerprint density at radius 3 is 2.50 bits per heavy atom. The predicted molar refractivity (Wildman–Crippen MR) is 101 cm³/mol. The van der Waals surface area contributed by atoms with Crippen LogP contribution in [0.25, 0.3) is 0 Å². The molecule has 0 saturated carbocycles. The van der Waals surface area contributed by atoms with E-state index < -0.39 is 15.9 Å². The summed E-state index contributed by atoms with van der Waals surface area (Å²) in [5, 5.41) is 10.5. The van der Waals surface area contributed by atoms with Gasteiger partial charge in [-0.05, 0) is 42.5 Å². The molecule has 2 aromatic rings. The Hall–Kier alpha value is -1.85. The Morgan fingerprint density at radius 2 is 1.85 bits per heavy atom. The number of rotatable bonds is 5. The molecule has 0 bridgehead atoms. The fraction of sp³-hybridized carbons (Fsp3) is 0.381. The Balaban J connectivity index is 1.91. The quantitative estimate of drug-likeness (QED) is 0.846. The third-order valence-corrected chi connectivity index (χ3v) is 6.86. The fourth-order valence-corrected chi connectivity index (χ4v) is 4.47. The number of benzene rings is 2. The molecular formula is C21H25O4S. The summed E-state index contributed by atoms with van der Waals surface area (Å²) in [7, 11) is -3.61. The molecule has 1 N–H and O–H groups in total. The number of fused-ring (bicyclic) bond motifs is 1. The molecule has 3 atom stereocenters. The van der Waals surface area contributed by atoms with Gasteiger partial charge in [0.05, 0.1) is 15.9 Å². The maximum atomic E-state index is 12.8. The molecule has 1 aliphatic rings. The zero-order valence-electron chi connectivity index (χ0n) is 15.3. The van der Waals surface area contributed by atoms with Gasteiger partial charge in [0.25, 0.3) is 0 Å². The second-order valence-corrected chi connectivity index (χ2v) is 9.17. The number of hydrogen-bond donors (Lipinski definition) is 1. The maximum Gasteiger partial charge on any atom is 0.206 e. The molecule has 1 heterocycles. The van der Waals surface area contributed by atoms with Crippen LogP contribution in [0.4, 0.5) is 0 Å². The number of aliphatic hydroxyl groups is 1. The monoisotopic (exact) mass is 373 g/mol. The summed E-state index contributed by atoms with van der Waals surface area (Å²) in [5.41, 5.74) is 0.651. The topological polar surface area (TPSA) is 63.6 Å². The zero-order chi connectivity index (χ0) is 18.9. The molecule has 26 heavy (non-hydrogen) atoms. The van der Waals surface area contributed by atoms with Gasteiger partial charge in [-0.2, -0.15) is 0 Å². The second kappa shape index (κ2) is 7.41. The van der Waals surface area contributed by atoms with E-state index in [2.05, 4.69) is 20.8 Å². The van der Waals surface area contributed by atoms with Crippen molar-refractivity contribution in [1.29, 1.82) is 0 Å². The molecule has 0 saturated heterocycles. The molecule has 0 aromatic heterocycles. The highest BCUT2D eigenvalue weighted by Gasteiger charge is 2.30. The lowest BCUT2D eigenvalue weighted by Gasteiger charge is -2.32. The van der Waals surface area contributed by atoms with Crippen LogP contribution in [-0.2, 0) is 9.84 Å². The van der Waals surface area contributed by atoms with Crippen LogP contribution in [0.3, 0.4) is 0 Å². The first-order chi connectivity index (χ1) is 12.3. The van der Waals surface area contributed by atoms with E-state index in [0.29, 0.717) is 23.7 Å².